The second kappa shape index (κ2) is 4.81. The van der Waals surface area contributed by atoms with E-state index in [2.05, 4.69) is 10.3 Å². The maximum Gasteiger partial charge on any atom is 0.416 e. The third-order valence-corrected chi connectivity index (χ3v) is 3.59. The number of halogens is 3. The summed E-state index contributed by atoms with van der Waals surface area (Å²) in [6.45, 7) is 0.661. The SMILES string of the molecule is FC(F)(F)c1ccc2c(c1)NCCC2c1cccnc1. The molecule has 1 aliphatic heterocycles. The van der Waals surface area contributed by atoms with Crippen LogP contribution in [0.3, 0.4) is 0 Å². The maximum absolute atomic E-state index is 12.7. The average Bonchev–Trinajstić information content (AvgIpc) is 2.46. The lowest BCUT2D eigenvalue weighted by Crippen LogP contribution is -2.19. The van der Waals surface area contributed by atoms with Crippen molar-refractivity contribution < 1.29 is 13.2 Å². The Labute approximate surface area is 114 Å². The van der Waals surface area contributed by atoms with Gasteiger partial charge in [-0.3, -0.25) is 4.98 Å². The van der Waals surface area contributed by atoms with Gasteiger partial charge in [0.25, 0.3) is 0 Å². The van der Waals surface area contributed by atoms with E-state index in [-0.39, 0.29) is 5.92 Å². The number of nitrogens with zero attached hydrogens (tertiary/aromatic N) is 1. The lowest BCUT2D eigenvalue weighted by atomic mass is 9.85. The zero-order valence-corrected chi connectivity index (χ0v) is 10.6. The molecule has 0 radical (unpaired) electrons. The van der Waals surface area contributed by atoms with Crippen molar-refractivity contribution in [1.29, 1.82) is 0 Å². The van der Waals surface area contributed by atoms with Crippen LogP contribution in [0.2, 0.25) is 0 Å². The van der Waals surface area contributed by atoms with Crippen molar-refractivity contribution in [2.24, 2.45) is 0 Å². The van der Waals surface area contributed by atoms with Gasteiger partial charge in [-0.2, -0.15) is 13.2 Å². The first-order valence-electron chi connectivity index (χ1n) is 6.40. The maximum atomic E-state index is 12.7. The highest BCUT2D eigenvalue weighted by Crippen LogP contribution is 2.39. The number of anilines is 1. The molecule has 2 nitrogen and oxygen atoms in total. The Morgan fingerprint density at radius 3 is 2.75 bits per heavy atom. The van der Waals surface area contributed by atoms with Gasteiger partial charge in [0.05, 0.1) is 5.56 Å². The normalized spacial score (nSPS) is 18.2. The topological polar surface area (TPSA) is 24.9 Å². The molecule has 104 valence electrons. The van der Waals surface area contributed by atoms with E-state index in [1.165, 1.54) is 6.07 Å². The number of hydrogen-bond donors (Lipinski definition) is 1. The Morgan fingerprint density at radius 2 is 2.05 bits per heavy atom. The minimum absolute atomic E-state index is 0.0993. The fraction of sp³-hybridized carbons (Fsp3) is 0.267. The molecule has 2 heterocycles. The third-order valence-electron chi connectivity index (χ3n) is 3.59. The highest BCUT2D eigenvalue weighted by molar-refractivity contribution is 5.59. The van der Waals surface area contributed by atoms with Gasteiger partial charge in [0.1, 0.15) is 0 Å². The van der Waals surface area contributed by atoms with E-state index in [1.54, 1.807) is 18.5 Å². The van der Waals surface area contributed by atoms with Crippen molar-refractivity contribution in [2.45, 2.75) is 18.5 Å². The summed E-state index contributed by atoms with van der Waals surface area (Å²) in [6, 6.07) is 7.72. The van der Waals surface area contributed by atoms with Crippen LogP contribution < -0.4 is 5.32 Å². The molecular formula is C15H13F3N2. The first-order valence-corrected chi connectivity index (χ1v) is 6.40. The van der Waals surface area contributed by atoms with Gasteiger partial charge >= 0.3 is 6.18 Å². The molecule has 0 bridgehead atoms. The van der Waals surface area contributed by atoms with Crippen LogP contribution in [0.15, 0.2) is 42.7 Å². The fourth-order valence-electron chi connectivity index (χ4n) is 2.62. The van der Waals surface area contributed by atoms with E-state index in [0.29, 0.717) is 12.2 Å². The molecule has 1 N–H and O–H groups in total. The summed E-state index contributed by atoms with van der Waals surface area (Å²) in [6.07, 6.45) is 0.0116. The molecule has 0 fully saturated rings. The largest absolute Gasteiger partial charge is 0.416 e. The molecule has 20 heavy (non-hydrogen) atoms. The van der Waals surface area contributed by atoms with Gasteiger partial charge in [-0.25, -0.2) is 0 Å². The average molecular weight is 278 g/mol. The predicted molar refractivity (Wildman–Crippen MR) is 70.6 cm³/mol. The molecule has 1 aliphatic rings. The van der Waals surface area contributed by atoms with Crippen LogP contribution in [0.25, 0.3) is 0 Å². The first-order chi connectivity index (χ1) is 9.55. The van der Waals surface area contributed by atoms with E-state index >= 15 is 0 Å². The second-order valence-electron chi connectivity index (χ2n) is 4.85. The summed E-state index contributed by atoms with van der Waals surface area (Å²) in [5.41, 5.74) is 1.89. The minimum atomic E-state index is -4.31. The van der Waals surface area contributed by atoms with Crippen LogP contribution in [0.1, 0.15) is 29.0 Å². The monoisotopic (exact) mass is 278 g/mol. The molecule has 3 rings (SSSR count). The molecule has 1 aromatic carbocycles. The van der Waals surface area contributed by atoms with E-state index in [1.807, 2.05) is 12.1 Å². The minimum Gasteiger partial charge on any atom is -0.385 e. The summed E-state index contributed by atoms with van der Waals surface area (Å²) in [4.78, 5) is 4.09. The number of hydrogen-bond acceptors (Lipinski definition) is 2. The van der Waals surface area contributed by atoms with E-state index in [0.717, 1.165) is 23.6 Å². The zero-order valence-electron chi connectivity index (χ0n) is 10.6. The lowest BCUT2D eigenvalue weighted by Gasteiger charge is -2.27. The predicted octanol–water partition coefficient (Wildman–Crippen LogP) is 4.05. The number of benzene rings is 1. The summed E-state index contributed by atoms with van der Waals surface area (Å²) in [5, 5.41) is 3.05. The number of alkyl halides is 3. The lowest BCUT2D eigenvalue weighted by molar-refractivity contribution is -0.137. The van der Waals surface area contributed by atoms with Gasteiger partial charge in [0, 0.05) is 30.5 Å². The molecular weight excluding hydrogens is 265 g/mol. The van der Waals surface area contributed by atoms with Crippen LogP contribution >= 0.6 is 0 Å². The van der Waals surface area contributed by atoms with Gasteiger partial charge in [0.2, 0.25) is 0 Å². The zero-order chi connectivity index (χ0) is 14.2. The van der Waals surface area contributed by atoms with Gasteiger partial charge in [-0.15, -0.1) is 0 Å². The number of nitrogens with one attached hydrogen (secondary N) is 1. The summed E-state index contributed by atoms with van der Waals surface area (Å²) >= 11 is 0. The van der Waals surface area contributed by atoms with Crippen LogP contribution in [-0.4, -0.2) is 11.5 Å². The fourth-order valence-corrected chi connectivity index (χ4v) is 2.62. The van der Waals surface area contributed by atoms with Crippen LogP contribution in [0.4, 0.5) is 18.9 Å². The molecule has 5 heteroatoms. The van der Waals surface area contributed by atoms with Gasteiger partial charge in [0.15, 0.2) is 0 Å². The Balaban J connectivity index is 2.02. The number of aromatic nitrogens is 1. The molecule has 2 aromatic rings. The molecule has 0 saturated carbocycles. The van der Waals surface area contributed by atoms with Crippen molar-refractivity contribution in [1.82, 2.24) is 4.98 Å². The molecule has 1 aromatic heterocycles. The number of pyridine rings is 1. The number of fused-ring (bicyclic) bond motifs is 1. The van der Waals surface area contributed by atoms with Gasteiger partial charge < -0.3 is 5.32 Å². The van der Waals surface area contributed by atoms with Crippen molar-refractivity contribution in [3.8, 4) is 0 Å². The van der Waals surface area contributed by atoms with Crippen molar-refractivity contribution in [2.75, 3.05) is 11.9 Å². The van der Waals surface area contributed by atoms with Crippen LogP contribution in [-0.2, 0) is 6.18 Å². The molecule has 1 atom stereocenters. The van der Waals surface area contributed by atoms with Crippen molar-refractivity contribution >= 4 is 5.69 Å². The van der Waals surface area contributed by atoms with E-state index in [4.69, 9.17) is 0 Å². The van der Waals surface area contributed by atoms with Gasteiger partial charge in [-0.05, 0) is 35.7 Å². The molecule has 0 amide bonds. The quantitative estimate of drug-likeness (QED) is 0.851. The third kappa shape index (κ3) is 2.35. The Bertz CT molecular complexity index is 608. The Kier molecular flexibility index (Phi) is 3.12. The molecule has 0 spiro atoms. The first kappa shape index (κ1) is 13.0. The summed E-state index contributed by atoms with van der Waals surface area (Å²) in [7, 11) is 0. The van der Waals surface area contributed by atoms with Crippen LogP contribution in [0, 0.1) is 0 Å². The smallest absolute Gasteiger partial charge is 0.385 e. The van der Waals surface area contributed by atoms with Crippen molar-refractivity contribution in [3.05, 3.63) is 59.4 Å². The van der Waals surface area contributed by atoms with Crippen LogP contribution in [0.5, 0.6) is 0 Å². The van der Waals surface area contributed by atoms with Gasteiger partial charge in [-0.1, -0.05) is 12.1 Å². The highest BCUT2D eigenvalue weighted by Gasteiger charge is 2.32. The molecule has 1 unspecified atom stereocenters. The summed E-state index contributed by atoms with van der Waals surface area (Å²) in [5.74, 6) is 0.0993. The molecule has 0 aliphatic carbocycles. The standard InChI is InChI=1S/C15H13F3N2/c16-15(17,18)11-3-4-13-12(5-7-20-14(13)8-11)10-2-1-6-19-9-10/h1-4,6,8-9,12,20H,5,7H2. The molecule has 0 saturated heterocycles. The van der Waals surface area contributed by atoms with Crippen molar-refractivity contribution in [3.63, 3.8) is 0 Å². The Hall–Kier alpha value is -2.04. The Morgan fingerprint density at radius 1 is 1.20 bits per heavy atom. The van der Waals surface area contributed by atoms with E-state index < -0.39 is 11.7 Å². The summed E-state index contributed by atoms with van der Waals surface area (Å²) < 4.78 is 38.2. The second-order valence-corrected chi connectivity index (χ2v) is 4.85. The highest BCUT2D eigenvalue weighted by atomic mass is 19.4. The number of rotatable bonds is 1. The van der Waals surface area contributed by atoms with E-state index in [9.17, 15) is 13.2 Å².